The fourth-order valence-electron chi connectivity index (χ4n) is 1.82. The van der Waals surface area contributed by atoms with Gasteiger partial charge in [0, 0.05) is 5.02 Å². The quantitative estimate of drug-likeness (QED) is 0.843. The predicted octanol–water partition coefficient (Wildman–Crippen LogP) is 1.63. The fraction of sp³-hybridized carbons (Fsp3) is 0.273. The fourth-order valence-corrected chi connectivity index (χ4v) is 1.99. The highest BCUT2D eigenvalue weighted by atomic mass is 35.5. The van der Waals surface area contributed by atoms with Crippen LogP contribution in [0.3, 0.4) is 0 Å². The topological polar surface area (TPSA) is 69.6 Å². The summed E-state index contributed by atoms with van der Waals surface area (Å²) < 4.78 is 0. The second-order valence-corrected chi connectivity index (χ2v) is 4.28. The van der Waals surface area contributed by atoms with E-state index in [1.165, 1.54) is 4.90 Å². The third-order valence-electron chi connectivity index (χ3n) is 2.69. The molecule has 2 rings (SSSR count). The highest BCUT2D eigenvalue weighted by Crippen LogP contribution is 2.27. The minimum Gasteiger partial charge on any atom is -0.480 e. The molecule has 2 N–H and O–H groups in total. The van der Waals surface area contributed by atoms with E-state index in [-0.39, 0.29) is 6.54 Å². The molecule has 1 aliphatic rings. The van der Waals surface area contributed by atoms with Gasteiger partial charge in [0.2, 0.25) is 0 Å². The summed E-state index contributed by atoms with van der Waals surface area (Å²) in [6.45, 7) is 1.90. The molecule has 0 saturated carbocycles. The van der Waals surface area contributed by atoms with Crippen molar-refractivity contribution in [3.63, 3.8) is 0 Å². The summed E-state index contributed by atoms with van der Waals surface area (Å²) in [5.41, 5.74) is 1.33. The van der Waals surface area contributed by atoms with Gasteiger partial charge in [-0.25, -0.2) is 9.59 Å². The van der Waals surface area contributed by atoms with Crippen LogP contribution in [0.1, 0.15) is 5.56 Å². The number of urea groups is 1. The normalized spacial score (nSPS) is 19.3. The van der Waals surface area contributed by atoms with Gasteiger partial charge in [-0.1, -0.05) is 17.7 Å². The number of hydrogen-bond acceptors (Lipinski definition) is 2. The molecule has 1 unspecified atom stereocenters. The molecule has 6 heteroatoms. The Bertz CT molecular complexity index is 490. The molecule has 0 aliphatic carbocycles. The van der Waals surface area contributed by atoms with Crippen LogP contribution in [0.2, 0.25) is 5.02 Å². The molecule has 1 aromatic rings. The number of hydrogen-bond donors (Lipinski definition) is 2. The molecule has 1 aromatic carbocycles. The van der Waals surface area contributed by atoms with Crippen LogP contribution in [-0.2, 0) is 4.79 Å². The van der Waals surface area contributed by atoms with E-state index in [4.69, 9.17) is 16.7 Å². The average molecular weight is 255 g/mol. The molecule has 1 atom stereocenters. The van der Waals surface area contributed by atoms with Crippen molar-refractivity contribution in [2.45, 2.75) is 13.0 Å². The van der Waals surface area contributed by atoms with Gasteiger partial charge in [0.05, 0.1) is 12.2 Å². The Kier molecular flexibility index (Phi) is 2.93. The van der Waals surface area contributed by atoms with Gasteiger partial charge in [-0.3, -0.25) is 4.90 Å². The Morgan fingerprint density at radius 2 is 2.29 bits per heavy atom. The first-order valence-electron chi connectivity index (χ1n) is 5.06. The number of carbonyl (C=O) groups is 2. The van der Waals surface area contributed by atoms with Crippen LogP contribution in [-0.4, -0.2) is 29.7 Å². The first-order chi connectivity index (χ1) is 8.00. The van der Waals surface area contributed by atoms with E-state index < -0.39 is 18.0 Å². The summed E-state index contributed by atoms with van der Waals surface area (Å²) in [5, 5.41) is 12.0. The van der Waals surface area contributed by atoms with Crippen LogP contribution < -0.4 is 10.2 Å². The number of nitrogens with zero attached hydrogens (tertiary/aromatic N) is 1. The van der Waals surface area contributed by atoms with Crippen LogP contribution in [0.25, 0.3) is 0 Å². The van der Waals surface area contributed by atoms with Crippen molar-refractivity contribution in [3.8, 4) is 0 Å². The zero-order valence-electron chi connectivity index (χ0n) is 9.11. The number of aliphatic carboxylic acids is 1. The number of anilines is 1. The number of halogens is 1. The van der Waals surface area contributed by atoms with Crippen LogP contribution in [0, 0.1) is 6.92 Å². The Hall–Kier alpha value is -1.75. The molecular weight excluding hydrogens is 244 g/mol. The van der Waals surface area contributed by atoms with Crippen molar-refractivity contribution < 1.29 is 14.7 Å². The number of carboxylic acids is 1. The van der Waals surface area contributed by atoms with Crippen LogP contribution in [0.15, 0.2) is 18.2 Å². The largest absolute Gasteiger partial charge is 0.480 e. The Morgan fingerprint density at radius 3 is 2.94 bits per heavy atom. The summed E-state index contributed by atoms with van der Waals surface area (Å²) in [6, 6.07) is 3.74. The van der Waals surface area contributed by atoms with Crippen LogP contribution in [0.5, 0.6) is 0 Å². The van der Waals surface area contributed by atoms with Gasteiger partial charge >= 0.3 is 12.0 Å². The van der Waals surface area contributed by atoms with Crippen molar-refractivity contribution in [1.82, 2.24) is 5.32 Å². The average Bonchev–Trinajstić information content (AvgIpc) is 2.64. The van der Waals surface area contributed by atoms with Gasteiger partial charge in [-0.2, -0.15) is 0 Å². The van der Waals surface area contributed by atoms with Gasteiger partial charge in [0.1, 0.15) is 0 Å². The number of rotatable bonds is 2. The van der Waals surface area contributed by atoms with Gasteiger partial charge in [-0.15, -0.1) is 0 Å². The molecule has 0 aromatic heterocycles. The molecule has 0 bridgehead atoms. The summed E-state index contributed by atoms with van der Waals surface area (Å²) in [5.74, 6) is -1.04. The van der Waals surface area contributed by atoms with E-state index in [0.717, 1.165) is 5.56 Å². The number of amides is 2. The zero-order chi connectivity index (χ0) is 12.6. The smallest absolute Gasteiger partial charge is 0.328 e. The highest BCUT2D eigenvalue weighted by Gasteiger charge is 2.37. The van der Waals surface area contributed by atoms with Crippen molar-refractivity contribution in [2.24, 2.45) is 0 Å². The molecule has 1 aliphatic heterocycles. The molecule has 1 fully saturated rings. The number of carboxylic acid groups (broad SMARTS) is 1. The van der Waals surface area contributed by atoms with Crippen molar-refractivity contribution in [1.29, 1.82) is 0 Å². The second-order valence-electron chi connectivity index (χ2n) is 3.84. The lowest BCUT2D eigenvalue weighted by molar-refractivity contribution is -0.137. The molecule has 90 valence electrons. The SMILES string of the molecule is Cc1ccc(Cl)cc1N1C(=O)NCC1C(=O)O. The zero-order valence-corrected chi connectivity index (χ0v) is 9.86. The summed E-state index contributed by atoms with van der Waals surface area (Å²) in [6.07, 6.45) is 0. The maximum atomic E-state index is 11.7. The second kappa shape index (κ2) is 4.25. The number of nitrogens with one attached hydrogen (secondary N) is 1. The number of benzene rings is 1. The lowest BCUT2D eigenvalue weighted by Crippen LogP contribution is -2.40. The van der Waals surface area contributed by atoms with E-state index in [1.807, 2.05) is 0 Å². The Labute approximate surface area is 103 Å². The van der Waals surface area contributed by atoms with E-state index in [0.29, 0.717) is 10.7 Å². The number of aryl methyl sites for hydroxylation is 1. The minimum atomic E-state index is -1.04. The summed E-state index contributed by atoms with van der Waals surface area (Å²) in [7, 11) is 0. The van der Waals surface area contributed by atoms with Gasteiger partial charge in [-0.05, 0) is 24.6 Å². The third kappa shape index (κ3) is 2.06. The van der Waals surface area contributed by atoms with E-state index in [9.17, 15) is 9.59 Å². The Balaban J connectivity index is 2.46. The van der Waals surface area contributed by atoms with E-state index in [1.54, 1.807) is 25.1 Å². The molecule has 1 saturated heterocycles. The first-order valence-corrected chi connectivity index (χ1v) is 5.44. The maximum Gasteiger partial charge on any atom is 0.328 e. The summed E-state index contributed by atoms with van der Waals surface area (Å²) in [4.78, 5) is 23.9. The van der Waals surface area contributed by atoms with Crippen molar-refractivity contribution in [2.75, 3.05) is 11.4 Å². The summed E-state index contributed by atoms with van der Waals surface area (Å²) >= 11 is 5.86. The van der Waals surface area contributed by atoms with Crippen LogP contribution in [0.4, 0.5) is 10.5 Å². The lowest BCUT2D eigenvalue weighted by atomic mass is 10.1. The standard InChI is InChI=1S/C11H11ClN2O3/c1-6-2-3-7(12)4-8(6)14-9(10(15)16)5-13-11(14)17/h2-4,9H,5H2,1H3,(H,13,17)(H,15,16). The van der Waals surface area contributed by atoms with E-state index >= 15 is 0 Å². The monoisotopic (exact) mass is 254 g/mol. The first kappa shape index (κ1) is 11.7. The van der Waals surface area contributed by atoms with Crippen LogP contribution >= 0.6 is 11.6 Å². The highest BCUT2D eigenvalue weighted by molar-refractivity contribution is 6.31. The molecule has 17 heavy (non-hydrogen) atoms. The Morgan fingerprint density at radius 1 is 1.59 bits per heavy atom. The molecule has 1 heterocycles. The molecular formula is C11H11ClN2O3. The molecule has 5 nitrogen and oxygen atoms in total. The lowest BCUT2D eigenvalue weighted by Gasteiger charge is -2.22. The third-order valence-corrected chi connectivity index (χ3v) is 2.93. The minimum absolute atomic E-state index is 0.0973. The van der Waals surface area contributed by atoms with Gasteiger partial charge < -0.3 is 10.4 Å². The molecule has 0 radical (unpaired) electrons. The van der Waals surface area contributed by atoms with Gasteiger partial charge in [0.25, 0.3) is 0 Å². The molecule has 0 spiro atoms. The van der Waals surface area contributed by atoms with E-state index in [2.05, 4.69) is 5.32 Å². The van der Waals surface area contributed by atoms with Crippen molar-refractivity contribution in [3.05, 3.63) is 28.8 Å². The predicted molar refractivity (Wildman–Crippen MR) is 63.5 cm³/mol. The van der Waals surface area contributed by atoms with Crippen molar-refractivity contribution >= 4 is 29.3 Å². The van der Waals surface area contributed by atoms with Gasteiger partial charge in [0.15, 0.2) is 6.04 Å². The maximum absolute atomic E-state index is 11.7. The molecule has 2 amide bonds. The number of carbonyl (C=O) groups excluding carboxylic acids is 1.